The lowest BCUT2D eigenvalue weighted by Gasteiger charge is -2.24. The highest BCUT2D eigenvalue weighted by Gasteiger charge is 2.41. The van der Waals surface area contributed by atoms with Gasteiger partial charge in [0.25, 0.3) is 0 Å². The first-order chi connectivity index (χ1) is 11.2. The third kappa shape index (κ3) is 4.40. The van der Waals surface area contributed by atoms with Crippen molar-refractivity contribution >= 4 is 12.1 Å². The number of carboxylic acid groups (broad SMARTS) is 1. The van der Waals surface area contributed by atoms with Gasteiger partial charge in [0, 0.05) is 19.0 Å². The SMILES string of the molecule is CCOc1cccc([C@H]2CN(C(=O)OC(C)(C)C)C[C@H]2C(=O)O)c1. The second kappa shape index (κ2) is 7.11. The molecule has 0 radical (unpaired) electrons. The summed E-state index contributed by atoms with van der Waals surface area (Å²) in [5.74, 6) is -1.15. The first kappa shape index (κ1) is 18.1. The van der Waals surface area contributed by atoms with Crippen LogP contribution in [0, 0.1) is 5.92 Å². The van der Waals surface area contributed by atoms with Crippen molar-refractivity contribution in [1.82, 2.24) is 4.90 Å². The molecule has 1 aromatic rings. The van der Waals surface area contributed by atoms with Crippen LogP contribution < -0.4 is 4.74 Å². The minimum atomic E-state index is -0.909. The summed E-state index contributed by atoms with van der Waals surface area (Å²) in [6.07, 6.45) is -0.475. The summed E-state index contributed by atoms with van der Waals surface area (Å²) in [5, 5.41) is 9.54. The Labute approximate surface area is 142 Å². The zero-order valence-corrected chi connectivity index (χ0v) is 14.6. The van der Waals surface area contributed by atoms with Crippen LogP contribution in [0.15, 0.2) is 24.3 Å². The molecule has 1 amide bonds. The number of hydrogen-bond acceptors (Lipinski definition) is 4. The Kier molecular flexibility index (Phi) is 5.36. The van der Waals surface area contributed by atoms with Crippen molar-refractivity contribution in [1.29, 1.82) is 0 Å². The van der Waals surface area contributed by atoms with Gasteiger partial charge in [-0.1, -0.05) is 12.1 Å². The van der Waals surface area contributed by atoms with Gasteiger partial charge in [-0.15, -0.1) is 0 Å². The summed E-state index contributed by atoms with van der Waals surface area (Å²) < 4.78 is 10.9. The first-order valence-electron chi connectivity index (χ1n) is 8.14. The number of nitrogens with zero attached hydrogens (tertiary/aromatic N) is 1. The molecule has 2 rings (SSSR count). The smallest absolute Gasteiger partial charge is 0.410 e. The second-order valence-corrected chi connectivity index (χ2v) is 6.94. The molecule has 1 aliphatic rings. The summed E-state index contributed by atoms with van der Waals surface area (Å²) in [7, 11) is 0. The Morgan fingerprint density at radius 2 is 2.00 bits per heavy atom. The Morgan fingerprint density at radius 3 is 2.58 bits per heavy atom. The molecule has 1 aromatic carbocycles. The highest BCUT2D eigenvalue weighted by atomic mass is 16.6. The fourth-order valence-electron chi connectivity index (χ4n) is 2.87. The minimum absolute atomic E-state index is 0.147. The number of carbonyl (C=O) groups excluding carboxylic acids is 1. The molecule has 1 saturated heterocycles. The lowest BCUT2D eigenvalue weighted by atomic mass is 9.89. The van der Waals surface area contributed by atoms with E-state index >= 15 is 0 Å². The molecule has 1 N–H and O–H groups in total. The number of likely N-dealkylation sites (tertiary alicyclic amines) is 1. The molecule has 1 fully saturated rings. The lowest BCUT2D eigenvalue weighted by molar-refractivity contribution is -0.141. The fourth-order valence-corrected chi connectivity index (χ4v) is 2.87. The van der Waals surface area contributed by atoms with E-state index in [9.17, 15) is 14.7 Å². The molecule has 132 valence electrons. The van der Waals surface area contributed by atoms with Crippen LogP contribution >= 0.6 is 0 Å². The molecule has 24 heavy (non-hydrogen) atoms. The molecule has 0 saturated carbocycles. The number of ether oxygens (including phenoxy) is 2. The highest BCUT2D eigenvalue weighted by Crippen LogP contribution is 2.35. The number of carboxylic acids is 1. The molecule has 6 nitrogen and oxygen atoms in total. The molecular formula is C18H25NO5. The van der Waals surface area contributed by atoms with Crippen LogP contribution in [0.4, 0.5) is 4.79 Å². The van der Waals surface area contributed by atoms with Gasteiger partial charge >= 0.3 is 12.1 Å². The van der Waals surface area contributed by atoms with Gasteiger partial charge in [-0.05, 0) is 45.4 Å². The van der Waals surface area contributed by atoms with E-state index < -0.39 is 23.6 Å². The predicted octanol–water partition coefficient (Wildman–Crippen LogP) is 3.12. The third-order valence-electron chi connectivity index (χ3n) is 3.89. The molecule has 0 aromatic heterocycles. The molecule has 1 aliphatic heterocycles. The highest BCUT2D eigenvalue weighted by molar-refractivity contribution is 5.76. The maximum atomic E-state index is 12.3. The predicted molar refractivity (Wildman–Crippen MR) is 89.3 cm³/mol. The molecular weight excluding hydrogens is 310 g/mol. The average Bonchev–Trinajstić information content (AvgIpc) is 2.91. The molecule has 6 heteroatoms. The second-order valence-electron chi connectivity index (χ2n) is 6.94. The van der Waals surface area contributed by atoms with Crippen LogP contribution in [0.2, 0.25) is 0 Å². The number of benzene rings is 1. The number of aliphatic carboxylic acids is 1. The van der Waals surface area contributed by atoms with Crippen molar-refractivity contribution in [2.45, 2.75) is 39.2 Å². The maximum Gasteiger partial charge on any atom is 0.410 e. The maximum absolute atomic E-state index is 12.3. The van der Waals surface area contributed by atoms with Gasteiger partial charge in [0.1, 0.15) is 11.4 Å². The Morgan fingerprint density at radius 1 is 1.29 bits per heavy atom. The van der Waals surface area contributed by atoms with E-state index in [0.717, 1.165) is 5.56 Å². The Bertz CT molecular complexity index is 608. The molecule has 1 heterocycles. The number of carbonyl (C=O) groups is 2. The van der Waals surface area contributed by atoms with Crippen molar-refractivity contribution in [2.24, 2.45) is 5.92 Å². The van der Waals surface area contributed by atoms with E-state index in [1.165, 1.54) is 4.90 Å². The summed E-state index contributed by atoms with van der Waals surface area (Å²) in [4.78, 5) is 25.4. The van der Waals surface area contributed by atoms with Crippen LogP contribution in [0.5, 0.6) is 5.75 Å². The number of hydrogen-bond donors (Lipinski definition) is 1. The molecule has 0 aliphatic carbocycles. The van der Waals surface area contributed by atoms with Crippen molar-refractivity contribution in [3.63, 3.8) is 0 Å². The number of amides is 1. The van der Waals surface area contributed by atoms with Gasteiger partial charge < -0.3 is 19.5 Å². The third-order valence-corrected chi connectivity index (χ3v) is 3.89. The molecule has 0 bridgehead atoms. The van der Waals surface area contributed by atoms with Gasteiger partial charge in [0.2, 0.25) is 0 Å². The van der Waals surface area contributed by atoms with Crippen molar-refractivity contribution < 1.29 is 24.2 Å². The van der Waals surface area contributed by atoms with Crippen LogP contribution in [0.25, 0.3) is 0 Å². The topological polar surface area (TPSA) is 76.1 Å². The van der Waals surface area contributed by atoms with Gasteiger partial charge in [-0.2, -0.15) is 0 Å². The number of rotatable bonds is 4. The zero-order valence-electron chi connectivity index (χ0n) is 14.6. The normalized spacial score (nSPS) is 20.8. The van der Waals surface area contributed by atoms with Crippen LogP contribution in [0.1, 0.15) is 39.2 Å². The summed E-state index contributed by atoms with van der Waals surface area (Å²) in [6.45, 7) is 8.28. The van der Waals surface area contributed by atoms with Crippen LogP contribution in [0.3, 0.4) is 0 Å². The lowest BCUT2D eigenvalue weighted by Crippen LogP contribution is -2.35. The summed E-state index contributed by atoms with van der Waals surface area (Å²) in [6, 6.07) is 7.41. The van der Waals surface area contributed by atoms with Gasteiger partial charge in [-0.25, -0.2) is 4.79 Å². The first-order valence-corrected chi connectivity index (χ1v) is 8.14. The van der Waals surface area contributed by atoms with E-state index in [0.29, 0.717) is 18.9 Å². The largest absolute Gasteiger partial charge is 0.494 e. The van der Waals surface area contributed by atoms with E-state index in [4.69, 9.17) is 9.47 Å². The van der Waals surface area contributed by atoms with Crippen LogP contribution in [-0.4, -0.2) is 47.4 Å². The van der Waals surface area contributed by atoms with Crippen molar-refractivity contribution in [3.05, 3.63) is 29.8 Å². The van der Waals surface area contributed by atoms with Crippen molar-refractivity contribution in [2.75, 3.05) is 19.7 Å². The van der Waals surface area contributed by atoms with E-state index in [1.807, 2.05) is 31.2 Å². The van der Waals surface area contributed by atoms with E-state index in [1.54, 1.807) is 20.8 Å². The quantitative estimate of drug-likeness (QED) is 0.915. The van der Waals surface area contributed by atoms with Crippen molar-refractivity contribution in [3.8, 4) is 5.75 Å². The standard InChI is InChI=1S/C18H25NO5/c1-5-23-13-8-6-7-12(9-13)14-10-19(11-15(14)16(20)21)17(22)24-18(2,3)4/h6-9,14-15H,5,10-11H2,1-4H3,(H,20,21)/t14-,15-/m1/s1. The summed E-state index contributed by atoms with van der Waals surface area (Å²) in [5.41, 5.74) is 0.252. The minimum Gasteiger partial charge on any atom is -0.494 e. The Balaban J connectivity index is 2.20. The van der Waals surface area contributed by atoms with E-state index in [-0.39, 0.29) is 12.5 Å². The van der Waals surface area contributed by atoms with Gasteiger partial charge in [0.05, 0.1) is 12.5 Å². The fraction of sp³-hybridized carbons (Fsp3) is 0.556. The Hall–Kier alpha value is -2.24. The molecule has 0 spiro atoms. The van der Waals surface area contributed by atoms with Gasteiger partial charge in [0.15, 0.2) is 0 Å². The average molecular weight is 335 g/mol. The van der Waals surface area contributed by atoms with E-state index in [2.05, 4.69) is 0 Å². The van der Waals surface area contributed by atoms with Crippen LogP contribution in [-0.2, 0) is 9.53 Å². The monoisotopic (exact) mass is 335 g/mol. The van der Waals surface area contributed by atoms with Gasteiger partial charge in [-0.3, -0.25) is 4.79 Å². The zero-order chi connectivity index (χ0) is 17.9. The molecule has 0 unspecified atom stereocenters. The summed E-state index contributed by atoms with van der Waals surface area (Å²) >= 11 is 0. The molecule has 2 atom stereocenters.